The molecule has 2 aliphatic rings. The van der Waals surface area contributed by atoms with Crippen LogP contribution in [-0.4, -0.2) is 70.0 Å². The minimum Gasteiger partial charge on any atom is -0.394 e. The van der Waals surface area contributed by atoms with Crippen molar-refractivity contribution < 1.29 is 24.2 Å². The van der Waals surface area contributed by atoms with Gasteiger partial charge in [0.15, 0.2) is 16.4 Å². The Balaban J connectivity index is 1.50. The molecule has 2 saturated heterocycles. The van der Waals surface area contributed by atoms with Crippen LogP contribution in [0.3, 0.4) is 0 Å². The molecule has 144 valence electrons. The van der Waals surface area contributed by atoms with Crippen LogP contribution in [0.4, 0.5) is 5.13 Å². The molecule has 0 spiro atoms. The SMILES string of the molecule is CC(=O)Nc1nc(C)c(-c2csc(C(=O)N3C[C@@H]4O[C@@H](CO)[C@H](C3)O4)n2)s1. The first kappa shape index (κ1) is 18.4. The summed E-state index contributed by atoms with van der Waals surface area (Å²) < 4.78 is 11.2. The van der Waals surface area contributed by atoms with E-state index in [2.05, 4.69) is 15.3 Å². The van der Waals surface area contributed by atoms with Gasteiger partial charge in [0.05, 0.1) is 36.0 Å². The van der Waals surface area contributed by atoms with Gasteiger partial charge in [-0.2, -0.15) is 0 Å². The van der Waals surface area contributed by atoms with Gasteiger partial charge in [-0.3, -0.25) is 9.59 Å². The number of rotatable bonds is 4. The summed E-state index contributed by atoms with van der Waals surface area (Å²) in [6, 6.07) is 0. The number of morpholine rings is 1. The predicted octanol–water partition coefficient (Wildman–Crippen LogP) is 1.09. The third kappa shape index (κ3) is 3.60. The number of aromatic nitrogens is 2. The lowest BCUT2D eigenvalue weighted by atomic mass is 10.2. The van der Waals surface area contributed by atoms with Crippen LogP contribution in [0.2, 0.25) is 0 Å². The van der Waals surface area contributed by atoms with Crippen LogP contribution in [-0.2, 0) is 14.3 Å². The second kappa shape index (κ2) is 7.24. The van der Waals surface area contributed by atoms with Gasteiger partial charge < -0.3 is 24.8 Å². The number of hydrogen-bond donors (Lipinski definition) is 2. The van der Waals surface area contributed by atoms with Crippen molar-refractivity contribution in [2.75, 3.05) is 25.0 Å². The quantitative estimate of drug-likeness (QED) is 0.776. The van der Waals surface area contributed by atoms with Crippen LogP contribution >= 0.6 is 22.7 Å². The summed E-state index contributed by atoms with van der Waals surface area (Å²) in [5.41, 5.74) is 1.41. The highest BCUT2D eigenvalue weighted by Crippen LogP contribution is 2.34. The van der Waals surface area contributed by atoms with Crippen LogP contribution in [0, 0.1) is 6.92 Å². The molecule has 27 heavy (non-hydrogen) atoms. The van der Waals surface area contributed by atoms with Gasteiger partial charge in [-0.25, -0.2) is 9.97 Å². The van der Waals surface area contributed by atoms with Crippen molar-refractivity contribution in [3.05, 3.63) is 16.1 Å². The number of carbonyl (C=O) groups is 2. The van der Waals surface area contributed by atoms with E-state index < -0.39 is 12.4 Å². The predicted molar refractivity (Wildman–Crippen MR) is 98.8 cm³/mol. The van der Waals surface area contributed by atoms with E-state index in [4.69, 9.17) is 9.47 Å². The van der Waals surface area contributed by atoms with Crippen molar-refractivity contribution in [1.82, 2.24) is 14.9 Å². The maximum Gasteiger partial charge on any atom is 0.283 e. The molecule has 0 aliphatic carbocycles. The summed E-state index contributed by atoms with van der Waals surface area (Å²) in [5, 5.41) is 14.7. The van der Waals surface area contributed by atoms with Crippen molar-refractivity contribution in [1.29, 1.82) is 0 Å². The molecule has 2 amide bonds. The van der Waals surface area contributed by atoms with Crippen LogP contribution < -0.4 is 5.32 Å². The highest BCUT2D eigenvalue weighted by molar-refractivity contribution is 7.19. The van der Waals surface area contributed by atoms with Gasteiger partial charge in [-0.15, -0.1) is 11.3 Å². The lowest BCUT2D eigenvalue weighted by Crippen LogP contribution is -2.47. The standard InChI is InChI=1S/C16H18N4O5S2/c1-7-13(27-16(17-7)18-8(2)22)9-6-26-14(19-9)15(23)20-3-10-11(5-21)25-12(4-20)24-10/h6,10-12,21H,3-5H2,1-2H3,(H,17,18,22)/t10-,11-,12-/m0/s1. The molecule has 3 atom stereocenters. The smallest absolute Gasteiger partial charge is 0.283 e. The molecule has 9 nitrogen and oxygen atoms in total. The molecular weight excluding hydrogens is 392 g/mol. The van der Waals surface area contributed by atoms with Gasteiger partial charge in [0.1, 0.15) is 12.2 Å². The molecule has 11 heteroatoms. The van der Waals surface area contributed by atoms with E-state index in [0.29, 0.717) is 28.9 Å². The number of hydrogen-bond acceptors (Lipinski definition) is 9. The van der Waals surface area contributed by atoms with Gasteiger partial charge in [-0.1, -0.05) is 11.3 Å². The number of aliphatic hydroxyl groups excluding tert-OH is 1. The second-order valence-corrected chi connectivity index (χ2v) is 8.18. The monoisotopic (exact) mass is 410 g/mol. The number of aryl methyl sites for hydroxylation is 1. The Morgan fingerprint density at radius 1 is 1.37 bits per heavy atom. The lowest BCUT2D eigenvalue weighted by Gasteiger charge is -2.30. The van der Waals surface area contributed by atoms with Gasteiger partial charge in [-0.05, 0) is 6.92 Å². The molecule has 0 unspecified atom stereocenters. The number of nitrogens with one attached hydrogen (secondary N) is 1. The first-order valence-electron chi connectivity index (χ1n) is 8.36. The molecule has 2 aromatic rings. The minimum absolute atomic E-state index is 0.133. The number of anilines is 1. The molecule has 2 aliphatic heterocycles. The Morgan fingerprint density at radius 3 is 2.93 bits per heavy atom. The first-order chi connectivity index (χ1) is 12.9. The lowest BCUT2D eigenvalue weighted by molar-refractivity contribution is -0.114. The summed E-state index contributed by atoms with van der Waals surface area (Å²) in [4.78, 5) is 35.3. The molecule has 2 fully saturated rings. The van der Waals surface area contributed by atoms with Crippen LogP contribution in [0.15, 0.2) is 5.38 Å². The Hall–Kier alpha value is -1.92. The average Bonchev–Trinajstić information content (AvgIpc) is 3.31. The fourth-order valence-corrected chi connectivity index (χ4v) is 4.91. The maximum absolute atomic E-state index is 12.8. The molecule has 2 N–H and O–H groups in total. The number of nitrogens with zero attached hydrogens (tertiary/aromatic N) is 3. The fraction of sp³-hybridized carbons (Fsp3) is 0.500. The van der Waals surface area contributed by atoms with Gasteiger partial charge in [0.25, 0.3) is 5.91 Å². The van der Waals surface area contributed by atoms with Crippen molar-refractivity contribution in [3.8, 4) is 10.6 Å². The third-order valence-corrected chi connectivity index (χ3v) is 6.23. The number of carbonyl (C=O) groups excluding carboxylic acids is 2. The van der Waals surface area contributed by atoms with E-state index in [-0.39, 0.29) is 24.5 Å². The van der Waals surface area contributed by atoms with Gasteiger partial charge >= 0.3 is 0 Å². The van der Waals surface area contributed by atoms with E-state index in [1.807, 2.05) is 12.3 Å². The molecule has 0 saturated carbocycles. The number of amides is 2. The number of ether oxygens (including phenoxy) is 2. The molecule has 2 bridgehead atoms. The van der Waals surface area contributed by atoms with Crippen LogP contribution in [0.5, 0.6) is 0 Å². The zero-order chi connectivity index (χ0) is 19.1. The molecule has 2 aromatic heterocycles. The summed E-state index contributed by atoms with van der Waals surface area (Å²) in [6.45, 7) is 3.81. The van der Waals surface area contributed by atoms with Crippen molar-refractivity contribution in [2.45, 2.75) is 32.3 Å². The molecule has 4 heterocycles. The molecule has 0 radical (unpaired) electrons. The molecule has 4 rings (SSSR count). The summed E-state index contributed by atoms with van der Waals surface area (Å²) >= 11 is 2.59. The van der Waals surface area contributed by atoms with Gasteiger partial charge in [0, 0.05) is 12.3 Å². The van der Waals surface area contributed by atoms with Gasteiger partial charge in [0.2, 0.25) is 5.91 Å². The fourth-order valence-electron chi connectivity index (χ4n) is 3.09. The first-order valence-corrected chi connectivity index (χ1v) is 10.1. The highest BCUT2D eigenvalue weighted by atomic mass is 32.1. The van der Waals surface area contributed by atoms with Crippen molar-refractivity contribution in [3.63, 3.8) is 0 Å². The summed E-state index contributed by atoms with van der Waals surface area (Å²) in [6.07, 6.45) is -1.22. The van der Waals surface area contributed by atoms with E-state index in [1.54, 1.807) is 4.90 Å². The maximum atomic E-state index is 12.8. The van der Waals surface area contributed by atoms with E-state index >= 15 is 0 Å². The van der Waals surface area contributed by atoms with Crippen LogP contribution in [0.25, 0.3) is 10.6 Å². The number of aliphatic hydroxyl groups is 1. The normalized spacial score (nSPS) is 24.3. The van der Waals surface area contributed by atoms with E-state index in [0.717, 1.165) is 10.6 Å². The summed E-state index contributed by atoms with van der Waals surface area (Å²) in [7, 11) is 0. The Labute approximate surface area is 163 Å². The highest BCUT2D eigenvalue weighted by Gasteiger charge is 2.43. The average molecular weight is 410 g/mol. The summed E-state index contributed by atoms with van der Waals surface area (Å²) in [5.74, 6) is -0.370. The largest absolute Gasteiger partial charge is 0.394 e. The molecular formula is C16H18N4O5S2. The van der Waals surface area contributed by atoms with Crippen molar-refractivity contribution >= 4 is 39.6 Å². The Bertz CT molecular complexity index is 882. The Morgan fingerprint density at radius 2 is 2.19 bits per heavy atom. The topological polar surface area (TPSA) is 114 Å². The van der Waals surface area contributed by atoms with E-state index in [1.165, 1.54) is 29.6 Å². The van der Waals surface area contributed by atoms with E-state index in [9.17, 15) is 14.7 Å². The number of fused-ring (bicyclic) bond motifs is 2. The molecule has 0 aromatic carbocycles. The Kier molecular flexibility index (Phi) is 4.95. The zero-order valence-corrected chi connectivity index (χ0v) is 16.3. The second-order valence-electron chi connectivity index (χ2n) is 6.32. The zero-order valence-electron chi connectivity index (χ0n) is 14.7. The minimum atomic E-state index is -0.506. The number of thiazole rings is 2. The third-order valence-electron chi connectivity index (χ3n) is 4.30. The van der Waals surface area contributed by atoms with Crippen molar-refractivity contribution in [2.24, 2.45) is 0 Å². The van der Waals surface area contributed by atoms with Crippen LogP contribution in [0.1, 0.15) is 22.4 Å².